The Morgan fingerprint density at radius 1 is 1.30 bits per heavy atom. The lowest BCUT2D eigenvalue weighted by molar-refractivity contribution is 1.40. The van der Waals surface area contributed by atoms with E-state index in [1.165, 1.54) is 0 Å². The predicted molar refractivity (Wildman–Crippen MR) is 52.2 cm³/mol. The Morgan fingerprint density at radius 3 is 2.40 bits per heavy atom. The van der Waals surface area contributed by atoms with Gasteiger partial charge in [-0.05, 0) is 17.7 Å². The van der Waals surface area contributed by atoms with Gasteiger partial charge in [0.1, 0.15) is 0 Å². The minimum absolute atomic E-state index is 0.0429. The van der Waals surface area contributed by atoms with Crippen molar-refractivity contribution in [2.45, 2.75) is 4.58 Å². The molecule has 0 fully saturated rings. The zero-order valence-electron chi connectivity index (χ0n) is 5.16. The van der Waals surface area contributed by atoms with Crippen LogP contribution in [0.5, 0.6) is 0 Å². The normalized spacial score (nSPS) is 10.4. The Hall–Kier alpha value is 0.210. The highest BCUT2D eigenvalue weighted by Gasteiger charge is 1.98. The number of hydrogen-bond acceptors (Lipinski definition) is 2. The molecule has 0 saturated carbocycles. The van der Waals surface area contributed by atoms with Gasteiger partial charge in [-0.3, -0.25) is 0 Å². The van der Waals surface area contributed by atoms with Crippen molar-refractivity contribution >= 4 is 36.9 Å². The summed E-state index contributed by atoms with van der Waals surface area (Å²) in [6.45, 7) is 0. The van der Waals surface area contributed by atoms with Gasteiger partial charge < -0.3 is 0 Å². The Morgan fingerprint density at radius 2 is 2.00 bits per heavy atom. The Labute approximate surface area is 76.4 Å². The lowest BCUT2D eigenvalue weighted by atomic mass is 10.2. The SMILES string of the molecule is SC(S)c1cccc(Cl)c1. The van der Waals surface area contributed by atoms with Crippen LogP contribution in [0.4, 0.5) is 0 Å². The molecule has 0 bridgehead atoms. The van der Waals surface area contributed by atoms with Gasteiger partial charge in [0.15, 0.2) is 0 Å². The molecule has 0 nitrogen and oxygen atoms in total. The molecule has 0 heterocycles. The number of halogens is 1. The van der Waals surface area contributed by atoms with E-state index in [4.69, 9.17) is 11.6 Å². The zero-order chi connectivity index (χ0) is 7.56. The fourth-order valence-electron chi connectivity index (χ4n) is 0.667. The molecule has 0 unspecified atom stereocenters. The molecule has 0 spiro atoms. The first kappa shape index (κ1) is 8.31. The van der Waals surface area contributed by atoms with Gasteiger partial charge in [-0.15, -0.1) is 0 Å². The van der Waals surface area contributed by atoms with Crippen LogP contribution in [-0.2, 0) is 0 Å². The maximum absolute atomic E-state index is 5.72. The van der Waals surface area contributed by atoms with Gasteiger partial charge in [0.05, 0.1) is 4.58 Å². The van der Waals surface area contributed by atoms with Gasteiger partial charge in [0, 0.05) is 5.02 Å². The summed E-state index contributed by atoms with van der Waals surface area (Å²) in [6.07, 6.45) is 0. The standard InChI is InChI=1S/C7H7ClS2/c8-6-3-1-2-5(4-6)7(9)10/h1-4,7,9-10H. The van der Waals surface area contributed by atoms with Crippen LogP contribution in [0, 0.1) is 0 Å². The largest absolute Gasteiger partial charge is 0.160 e. The van der Waals surface area contributed by atoms with Crippen molar-refractivity contribution in [1.82, 2.24) is 0 Å². The van der Waals surface area contributed by atoms with E-state index in [1.54, 1.807) is 0 Å². The van der Waals surface area contributed by atoms with Crippen LogP contribution in [0.2, 0.25) is 5.02 Å². The van der Waals surface area contributed by atoms with Crippen LogP contribution in [-0.4, -0.2) is 0 Å². The zero-order valence-corrected chi connectivity index (χ0v) is 7.70. The quantitative estimate of drug-likeness (QED) is 0.493. The minimum atomic E-state index is -0.0429. The highest BCUT2D eigenvalue weighted by Crippen LogP contribution is 2.25. The van der Waals surface area contributed by atoms with Gasteiger partial charge in [-0.2, -0.15) is 25.3 Å². The van der Waals surface area contributed by atoms with Crippen molar-refractivity contribution in [3.8, 4) is 0 Å². The van der Waals surface area contributed by atoms with Gasteiger partial charge in [0.25, 0.3) is 0 Å². The van der Waals surface area contributed by atoms with Crippen LogP contribution >= 0.6 is 36.9 Å². The van der Waals surface area contributed by atoms with Crippen molar-refractivity contribution in [3.63, 3.8) is 0 Å². The van der Waals surface area contributed by atoms with Gasteiger partial charge in [0.2, 0.25) is 0 Å². The molecule has 0 saturated heterocycles. The highest BCUT2D eigenvalue weighted by molar-refractivity contribution is 7.98. The van der Waals surface area contributed by atoms with E-state index in [0.717, 1.165) is 10.6 Å². The molecule has 0 amide bonds. The van der Waals surface area contributed by atoms with Crippen molar-refractivity contribution in [3.05, 3.63) is 34.9 Å². The first-order valence-electron chi connectivity index (χ1n) is 2.82. The molecule has 0 aliphatic carbocycles. The van der Waals surface area contributed by atoms with Gasteiger partial charge in [-0.25, -0.2) is 0 Å². The summed E-state index contributed by atoms with van der Waals surface area (Å²) in [5.41, 5.74) is 1.03. The number of benzene rings is 1. The van der Waals surface area contributed by atoms with E-state index < -0.39 is 0 Å². The van der Waals surface area contributed by atoms with Crippen LogP contribution in [0.3, 0.4) is 0 Å². The Kier molecular flexibility index (Phi) is 2.96. The third kappa shape index (κ3) is 2.11. The smallest absolute Gasteiger partial charge is 0.0692 e. The maximum Gasteiger partial charge on any atom is 0.0692 e. The molecule has 0 atom stereocenters. The lowest BCUT2D eigenvalue weighted by Crippen LogP contribution is -1.79. The molecule has 0 aliphatic heterocycles. The topological polar surface area (TPSA) is 0 Å². The van der Waals surface area contributed by atoms with Gasteiger partial charge >= 0.3 is 0 Å². The van der Waals surface area contributed by atoms with E-state index >= 15 is 0 Å². The van der Waals surface area contributed by atoms with Gasteiger partial charge in [-0.1, -0.05) is 23.7 Å². The fourth-order valence-corrected chi connectivity index (χ4v) is 1.19. The second-order valence-electron chi connectivity index (χ2n) is 1.93. The molecule has 0 aromatic heterocycles. The third-order valence-electron chi connectivity index (χ3n) is 1.15. The fraction of sp³-hybridized carbons (Fsp3) is 0.143. The molecule has 1 aromatic carbocycles. The average molecular weight is 191 g/mol. The monoisotopic (exact) mass is 190 g/mol. The van der Waals surface area contributed by atoms with Crippen LogP contribution in [0.1, 0.15) is 10.1 Å². The van der Waals surface area contributed by atoms with Crippen molar-refractivity contribution in [2.24, 2.45) is 0 Å². The van der Waals surface area contributed by atoms with E-state index in [9.17, 15) is 0 Å². The molecule has 10 heavy (non-hydrogen) atoms. The summed E-state index contributed by atoms with van der Waals surface area (Å²) in [5, 5.41) is 0.727. The molecular weight excluding hydrogens is 184 g/mol. The number of hydrogen-bond donors (Lipinski definition) is 2. The molecule has 1 aromatic rings. The van der Waals surface area contributed by atoms with Crippen molar-refractivity contribution < 1.29 is 0 Å². The third-order valence-corrected chi connectivity index (χ3v) is 1.98. The predicted octanol–water partition coefficient (Wildman–Crippen LogP) is 3.20. The van der Waals surface area contributed by atoms with Crippen molar-refractivity contribution in [1.29, 1.82) is 0 Å². The Balaban J connectivity index is 2.96. The number of thiol groups is 2. The van der Waals surface area contributed by atoms with Crippen molar-refractivity contribution in [2.75, 3.05) is 0 Å². The summed E-state index contributed by atoms with van der Waals surface area (Å²) < 4.78 is -0.0429. The lowest BCUT2D eigenvalue weighted by Gasteiger charge is -2.02. The minimum Gasteiger partial charge on any atom is -0.160 e. The van der Waals surface area contributed by atoms with E-state index in [1.807, 2.05) is 24.3 Å². The average Bonchev–Trinajstić information content (AvgIpc) is 1.88. The molecule has 0 radical (unpaired) electrons. The molecule has 1 rings (SSSR count). The summed E-state index contributed by atoms with van der Waals surface area (Å²) in [4.78, 5) is 0. The number of rotatable bonds is 1. The molecule has 0 N–H and O–H groups in total. The summed E-state index contributed by atoms with van der Waals surface area (Å²) in [7, 11) is 0. The van der Waals surface area contributed by atoms with Crippen LogP contribution < -0.4 is 0 Å². The summed E-state index contributed by atoms with van der Waals surface area (Å²) in [6, 6.07) is 7.51. The maximum atomic E-state index is 5.72. The van der Waals surface area contributed by atoms with E-state index in [0.29, 0.717) is 0 Å². The second kappa shape index (κ2) is 3.56. The van der Waals surface area contributed by atoms with E-state index in [2.05, 4.69) is 25.3 Å². The molecular formula is C7H7ClS2. The van der Waals surface area contributed by atoms with Crippen LogP contribution in [0.15, 0.2) is 24.3 Å². The first-order valence-corrected chi connectivity index (χ1v) is 4.23. The highest BCUT2D eigenvalue weighted by atomic mass is 35.5. The summed E-state index contributed by atoms with van der Waals surface area (Å²) >= 11 is 14.0. The molecule has 54 valence electrons. The van der Waals surface area contributed by atoms with E-state index in [-0.39, 0.29) is 4.58 Å². The molecule has 3 heteroatoms. The summed E-state index contributed by atoms with van der Waals surface area (Å²) in [5.74, 6) is 0. The van der Waals surface area contributed by atoms with Crippen LogP contribution in [0.25, 0.3) is 0 Å². The molecule has 0 aliphatic rings. The first-order chi connectivity index (χ1) is 4.70. The Bertz CT molecular complexity index is 223. The second-order valence-corrected chi connectivity index (χ2v) is 3.81.